The van der Waals surface area contributed by atoms with Crippen LogP contribution in [0.4, 0.5) is 11.4 Å². The number of nitro groups is 1. The van der Waals surface area contributed by atoms with Crippen molar-refractivity contribution in [1.29, 1.82) is 0 Å². The lowest BCUT2D eigenvalue weighted by atomic mass is 9.92. The van der Waals surface area contributed by atoms with Gasteiger partial charge in [-0.15, -0.1) is 0 Å². The minimum absolute atomic E-state index is 0.0511. The third kappa shape index (κ3) is 3.43. The zero-order valence-electron chi connectivity index (χ0n) is 11.6. The third-order valence-electron chi connectivity index (χ3n) is 2.98. The van der Waals surface area contributed by atoms with Crippen LogP contribution in [0.3, 0.4) is 0 Å². The van der Waals surface area contributed by atoms with Gasteiger partial charge >= 0.3 is 0 Å². The van der Waals surface area contributed by atoms with Crippen LogP contribution in [-0.4, -0.2) is 24.4 Å². The number of aryl methyl sites for hydroxylation is 1. The number of hydrogen-bond donors (Lipinski definition) is 2. The summed E-state index contributed by atoms with van der Waals surface area (Å²) in [6.45, 7) is 5.56. The van der Waals surface area contributed by atoms with Gasteiger partial charge in [0.05, 0.1) is 10.3 Å². The maximum Gasteiger partial charge on any atom is 0.295 e. The van der Waals surface area contributed by atoms with Crippen LogP contribution in [0, 0.1) is 22.5 Å². The number of nitrogens with zero attached hydrogens (tertiary/aromatic N) is 1. The number of nitro benzene ring substituents is 1. The molecule has 0 bridgehead atoms. The molecular weight excluding hydrogens is 246 g/mol. The average molecular weight is 265 g/mol. The number of nitrogens with one attached hydrogen (secondary N) is 2. The van der Waals surface area contributed by atoms with Gasteiger partial charge in [-0.2, -0.15) is 0 Å². The van der Waals surface area contributed by atoms with Crippen LogP contribution in [0.2, 0.25) is 0 Å². The normalized spacial score (nSPS) is 10.9. The fourth-order valence-corrected chi connectivity index (χ4v) is 1.78. The molecule has 104 valence electrons. The van der Waals surface area contributed by atoms with E-state index in [1.54, 1.807) is 46.0 Å². The zero-order chi connectivity index (χ0) is 14.6. The second-order valence-corrected chi connectivity index (χ2v) is 5.04. The van der Waals surface area contributed by atoms with Crippen LogP contribution in [-0.2, 0) is 4.79 Å². The van der Waals surface area contributed by atoms with E-state index in [4.69, 9.17) is 0 Å². The average Bonchev–Trinajstić information content (AvgIpc) is 2.34. The third-order valence-corrected chi connectivity index (χ3v) is 2.98. The molecule has 0 heterocycles. The molecule has 0 fully saturated rings. The van der Waals surface area contributed by atoms with Gasteiger partial charge in [0, 0.05) is 19.2 Å². The van der Waals surface area contributed by atoms with E-state index in [2.05, 4.69) is 10.6 Å². The second kappa shape index (κ2) is 5.69. The molecule has 6 nitrogen and oxygen atoms in total. The van der Waals surface area contributed by atoms with E-state index < -0.39 is 10.3 Å². The highest BCUT2D eigenvalue weighted by molar-refractivity contribution is 5.82. The lowest BCUT2D eigenvalue weighted by molar-refractivity contribution is -0.384. The zero-order valence-corrected chi connectivity index (χ0v) is 11.6. The molecule has 0 aliphatic rings. The number of anilines is 1. The number of hydrogen-bond acceptors (Lipinski definition) is 4. The summed E-state index contributed by atoms with van der Waals surface area (Å²) in [7, 11) is 1.57. The number of carbonyl (C=O) groups is 1. The maximum absolute atomic E-state index is 11.7. The van der Waals surface area contributed by atoms with Gasteiger partial charge in [-0.1, -0.05) is 12.1 Å². The Morgan fingerprint density at radius 1 is 1.42 bits per heavy atom. The Morgan fingerprint density at radius 3 is 2.58 bits per heavy atom. The SMILES string of the molecule is CNC(=O)C(C)(C)CNc1cccc(C)c1[N+](=O)[O-]. The molecule has 0 saturated heterocycles. The van der Waals surface area contributed by atoms with Crippen LogP contribution < -0.4 is 10.6 Å². The molecule has 0 saturated carbocycles. The van der Waals surface area contributed by atoms with Crippen molar-refractivity contribution in [3.05, 3.63) is 33.9 Å². The summed E-state index contributed by atoms with van der Waals surface area (Å²) in [5.74, 6) is -0.115. The van der Waals surface area contributed by atoms with Gasteiger partial charge in [-0.05, 0) is 26.8 Å². The highest BCUT2D eigenvalue weighted by Gasteiger charge is 2.27. The summed E-state index contributed by atoms with van der Waals surface area (Å²) < 4.78 is 0. The molecule has 0 radical (unpaired) electrons. The van der Waals surface area contributed by atoms with Crippen LogP contribution in [0.5, 0.6) is 0 Å². The number of carbonyl (C=O) groups excluding carboxylic acids is 1. The first-order chi connectivity index (χ1) is 8.79. The molecule has 1 rings (SSSR count). The van der Waals surface area contributed by atoms with Gasteiger partial charge in [0.15, 0.2) is 0 Å². The molecule has 0 unspecified atom stereocenters. The quantitative estimate of drug-likeness (QED) is 0.630. The van der Waals surface area contributed by atoms with Crippen LogP contribution in [0.1, 0.15) is 19.4 Å². The molecule has 0 atom stereocenters. The molecular formula is C13H19N3O3. The topological polar surface area (TPSA) is 84.3 Å². The second-order valence-electron chi connectivity index (χ2n) is 5.04. The molecule has 0 spiro atoms. The van der Waals surface area contributed by atoms with Gasteiger partial charge < -0.3 is 10.6 Å². The minimum Gasteiger partial charge on any atom is -0.378 e. The highest BCUT2D eigenvalue weighted by atomic mass is 16.6. The highest BCUT2D eigenvalue weighted by Crippen LogP contribution is 2.29. The number of amides is 1. The fourth-order valence-electron chi connectivity index (χ4n) is 1.78. The van der Waals surface area contributed by atoms with Gasteiger partial charge in [-0.3, -0.25) is 14.9 Å². The monoisotopic (exact) mass is 265 g/mol. The van der Waals surface area contributed by atoms with Gasteiger partial charge in [0.25, 0.3) is 5.69 Å². The van der Waals surface area contributed by atoms with Crippen molar-refractivity contribution in [2.45, 2.75) is 20.8 Å². The van der Waals surface area contributed by atoms with E-state index in [0.717, 1.165) is 0 Å². The first kappa shape index (κ1) is 14.9. The summed E-state index contributed by atoms with van der Waals surface area (Å²) in [5.41, 5.74) is 0.428. The van der Waals surface area contributed by atoms with E-state index in [-0.39, 0.29) is 11.6 Å². The maximum atomic E-state index is 11.7. The van der Waals surface area contributed by atoms with E-state index >= 15 is 0 Å². The van der Waals surface area contributed by atoms with Gasteiger partial charge in [-0.25, -0.2) is 0 Å². The predicted molar refractivity (Wildman–Crippen MR) is 74.2 cm³/mol. The number of para-hydroxylation sites is 1. The molecule has 1 amide bonds. The van der Waals surface area contributed by atoms with Crippen molar-refractivity contribution in [2.75, 3.05) is 18.9 Å². The van der Waals surface area contributed by atoms with Crippen molar-refractivity contribution in [2.24, 2.45) is 5.41 Å². The van der Waals surface area contributed by atoms with Crippen molar-refractivity contribution < 1.29 is 9.72 Å². The summed E-state index contributed by atoms with van der Waals surface area (Å²) in [4.78, 5) is 22.3. The van der Waals surface area contributed by atoms with Crippen LogP contribution in [0.25, 0.3) is 0 Å². The van der Waals surface area contributed by atoms with Crippen molar-refractivity contribution >= 4 is 17.3 Å². The molecule has 2 N–H and O–H groups in total. The van der Waals surface area contributed by atoms with Crippen molar-refractivity contribution in [3.63, 3.8) is 0 Å². The largest absolute Gasteiger partial charge is 0.378 e. The fraction of sp³-hybridized carbons (Fsp3) is 0.462. The smallest absolute Gasteiger partial charge is 0.295 e. The van der Waals surface area contributed by atoms with Crippen LogP contribution >= 0.6 is 0 Å². The first-order valence-electron chi connectivity index (χ1n) is 5.99. The van der Waals surface area contributed by atoms with Crippen molar-refractivity contribution in [1.82, 2.24) is 5.32 Å². The minimum atomic E-state index is -0.646. The lowest BCUT2D eigenvalue weighted by Crippen LogP contribution is -2.39. The van der Waals surface area contributed by atoms with E-state index in [1.165, 1.54) is 0 Å². The Hall–Kier alpha value is -2.11. The summed E-state index contributed by atoms with van der Waals surface area (Å²) in [5, 5.41) is 16.6. The molecule has 0 aliphatic heterocycles. The molecule has 19 heavy (non-hydrogen) atoms. The predicted octanol–water partition coefficient (Wildman–Crippen LogP) is 2.09. The van der Waals surface area contributed by atoms with Gasteiger partial charge in [0.2, 0.25) is 5.91 Å². The Bertz CT molecular complexity index is 498. The molecule has 1 aromatic carbocycles. The van der Waals surface area contributed by atoms with Gasteiger partial charge in [0.1, 0.15) is 5.69 Å². The summed E-state index contributed by atoms with van der Waals surface area (Å²) in [6.07, 6.45) is 0. The van der Waals surface area contributed by atoms with E-state index in [9.17, 15) is 14.9 Å². The van der Waals surface area contributed by atoms with E-state index in [1.807, 2.05) is 0 Å². The Morgan fingerprint density at radius 2 is 2.05 bits per heavy atom. The molecule has 0 aromatic heterocycles. The molecule has 6 heteroatoms. The Balaban J connectivity index is 2.93. The molecule has 1 aromatic rings. The van der Waals surface area contributed by atoms with Crippen LogP contribution in [0.15, 0.2) is 18.2 Å². The standard InChI is InChI=1S/C13H19N3O3/c1-9-6-5-7-10(11(9)16(18)19)15-8-13(2,3)12(17)14-4/h5-7,15H,8H2,1-4H3,(H,14,17). The van der Waals surface area contributed by atoms with Crippen molar-refractivity contribution in [3.8, 4) is 0 Å². The summed E-state index contributed by atoms with van der Waals surface area (Å²) >= 11 is 0. The molecule has 0 aliphatic carbocycles. The Labute approximate surface area is 112 Å². The first-order valence-corrected chi connectivity index (χ1v) is 5.99. The lowest BCUT2D eigenvalue weighted by Gasteiger charge is -2.23. The number of benzene rings is 1. The summed E-state index contributed by atoms with van der Waals surface area (Å²) in [6, 6.07) is 5.08. The number of rotatable bonds is 5. The Kier molecular flexibility index (Phi) is 4.47. The van der Waals surface area contributed by atoms with E-state index in [0.29, 0.717) is 17.8 Å².